The van der Waals surface area contributed by atoms with Gasteiger partial charge in [-0.1, -0.05) is 41.9 Å². The van der Waals surface area contributed by atoms with Crippen LogP contribution in [0.2, 0.25) is 5.15 Å². The van der Waals surface area contributed by atoms with Crippen molar-refractivity contribution in [3.8, 4) is 16.9 Å². The van der Waals surface area contributed by atoms with Crippen molar-refractivity contribution in [1.82, 2.24) is 19.7 Å². The molecule has 0 aliphatic heterocycles. The quantitative estimate of drug-likeness (QED) is 0.671. The number of hydrogen-bond acceptors (Lipinski definition) is 3. The zero-order valence-electron chi connectivity index (χ0n) is 10.3. The van der Waals surface area contributed by atoms with Crippen LogP contribution >= 0.6 is 11.6 Å². The molecule has 1 aromatic carbocycles. The number of halogens is 1. The van der Waals surface area contributed by atoms with Gasteiger partial charge in [0.25, 0.3) is 0 Å². The molecule has 0 saturated heterocycles. The van der Waals surface area contributed by atoms with E-state index in [1.807, 2.05) is 36.5 Å². The molecule has 0 N–H and O–H groups in total. The van der Waals surface area contributed by atoms with Crippen LogP contribution in [0.1, 0.15) is 5.82 Å². The minimum absolute atomic E-state index is 0.416. The Hall–Kier alpha value is -2.20. The first kappa shape index (κ1) is 11.9. The fourth-order valence-corrected chi connectivity index (χ4v) is 2.08. The molecular weight excluding hydrogens is 260 g/mol. The summed E-state index contributed by atoms with van der Waals surface area (Å²) in [6, 6.07) is 11.8. The molecule has 0 fully saturated rings. The Balaban J connectivity index is 2.02. The van der Waals surface area contributed by atoms with Gasteiger partial charge in [-0.25, -0.2) is 14.6 Å². The van der Waals surface area contributed by atoms with Crippen molar-refractivity contribution in [3.63, 3.8) is 0 Å². The van der Waals surface area contributed by atoms with Crippen LogP contribution < -0.4 is 0 Å². The second-order valence-electron chi connectivity index (χ2n) is 4.14. The van der Waals surface area contributed by atoms with Crippen molar-refractivity contribution >= 4 is 11.6 Å². The van der Waals surface area contributed by atoms with Crippen molar-refractivity contribution in [2.45, 2.75) is 6.92 Å². The summed E-state index contributed by atoms with van der Waals surface area (Å²) in [6.07, 6.45) is 3.73. The molecule has 0 unspecified atom stereocenters. The molecule has 0 atom stereocenters. The topological polar surface area (TPSA) is 43.6 Å². The Kier molecular flexibility index (Phi) is 3.01. The van der Waals surface area contributed by atoms with Crippen LogP contribution in [0.3, 0.4) is 0 Å². The summed E-state index contributed by atoms with van der Waals surface area (Å²) < 4.78 is 1.70. The molecule has 4 nitrogen and oxygen atoms in total. The summed E-state index contributed by atoms with van der Waals surface area (Å²) in [6.45, 7) is 1.80. The van der Waals surface area contributed by atoms with Gasteiger partial charge in [-0.05, 0) is 12.5 Å². The number of nitrogens with zero attached hydrogens (tertiary/aromatic N) is 4. The van der Waals surface area contributed by atoms with Crippen LogP contribution in [-0.2, 0) is 0 Å². The summed E-state index contributed by atoms with van der Waals surface area (Å²) in [5.41, 5.74) is 2.15. The van der Waals surface area contributed by atoms with Gasteiger partial charge in [0.05, 0.1) is 6.20 Å². The minimum Gasteiger partial charge on any atom is -0.222 e. The van der Waals surface area contributed by atoms with Gasteiger partial charge in [-0.3, -0.25) is 0 Å². The van der Waals surface area contributed by atoms with E-state index in [1.165, 1.54) is 0 Å². The number of benzene rings is 1. The van der Waals surface area contributed by atoms with Gasteiger partial charge < -0.3 is 0 Å². The highest BCUT2D eigenvalue weighted by molar-refractivity contribution is 6.29. The third-order valence-electron chi connectivity index (χ3n) is 2.72. The number of aromatic nitrogens is 4. The van der Waals surface area contributed by atoms with Gasteiger partial charge in [0.15, 0.2) is 5.82 Å². The number of hydrogen-bond donors (Lipinski definition) is 0. The standard InChI is InChI=1S/C14H11ClN4/c1-10-17-13(15)7-14(18-10)19-9-12(8-16-19)11-5-3-2-4-6-11/h2-9H,1H3. The molecule has 3 aromatic rings. The molecule has 5 heteroatoms. The van der Waals surface area contributed by atoms with E-state index in [9.17, 15) is 0 Å². The van der Waals surface area contributed by atoms with E-state index in [-0.39, 0.29) is 0 Å². The summed E-state index contributed by atoms with van der Waals surface area (Å²) in [4.78, 5) is 8.35. The van der Waals surface area contributed by atoms with Gasteiger partial charge in [-0.2, -0.15) is 5.10 Å². The summed E-state index contributed by atoms with van der Waals surface area (Å²) in [5, 5.41) is 4.73. The van der Waals surface area contributed by atoms with E-state index in [0.29, 0.717) is 16.8 Å². The number of rotatable bonds is 2. The monoisotopic (exact) mass is 270 g/mol. The highest BCUT2D eigenvalue weighted by Crippen LogP contribution is 2.19. The van der Waals surface area contributed by atoms with Crippen molar-refractivity contribution in [2.24, 2.45) is 0 Å². The summed E-state index contributed by atoms with van der Waals surface area (Å²) >= 11 is 5.93. The average Bonchev–Trinajstić information content (AvgIpc) is 2.88. The molecular formula is C14H11ClN4. The van der Waals surface area contributed by atoms with Crippen LogP contribution in [-0.4, -0.2) is 19.7 Å². The lowest BCUT2D eigenvalue weighted by molar-refractivity contribution is 0.828. The molecule has 0 spiro atoms. The third kappa shape index (κ3) is 2.48. The molecule has 0 saturated carbocycles. The van der Waals surface area contributed by atoms with E-state index < -0.39 is 0 Å². The second-order valence-corrected chi connectivity index (χ2v) is 4.52. The molecule has 3 rings (SSSR count). The largest absolute Gasteiger partial charge is 0.222 e. The van der Waals surface area contributed by atoms with Crippen molar-refractivity contribution in [3.05, 3.63) is 59.8 Å². The van der Waals surface area contributed by atoms with Crippen molar-refractivity contribution in [1.29, 1.82) is 0 Å². The predicted octanol–water partition coefficient (Wildman–Crippen LogP) is 3.29. The van der Waals surface area contributed by atoms with Crippen LogP contribution in [0.15, 0.2) is 48.8 Å². The zero-order valence-corrected chi connectivity index (χ0v) is 11.0. The average molecular weight is 271 g/mol. The first-order valence-electron chi connectivity index (χ1n) is 5.84. The van der Waals surface area contributed by atoms with Crippen LogP contribution in [0.25, 0.3) is 16.9 Å². The maximum Gasteiger partial charge on any atom is 0.158 e. The third-order valence-corrected chi connectivity index (χ3v) is 2.91. The Morgan fingerprint density at radius 1 is 1.05 bits per heavy atom. The van der Waals surface area contributed by atoms with Crippen molar-refractivity contribution in [2.75, 3.05) is 0 Å². The first-order chi connectivity index (χ1) is 9.22. The molecule has 19 heavy (non-hydrogen) atoms. The van der Waals surface area contributed by atoms with Gasteiger partial charge >= 0.3 is 0 Å². The highest BCUT2D eigenvalue weighted by Gasteiger charge is 2.06. The Labute approximate surface area is 115 Å². The normalized spacial score (nSPS) is 10.6. The molecule has 0 radical (unpaired) electrons. The summed E-state index contributed by atoms with van der Waals surface area (Å²) in [5.74, 6) is 1.29. The fraction of sp³-hybridized carbons (Fsp3) is 0.0714. The lowest BCUT2D eigenvalue weighted by Crippen LogP contribution is -2.00. The Morgan fingerprint density at radius 2 is 1.84 bits per heavy atom. The van der Waals surface area contributed by atoms with E-state index >= 15 is 0 Å². The van der Waals surface area contributed by atoms with Gasteiger partial charge in [0, 0.05) is 17.8 Å². The lowest BCUT2D eigenvalue weighted by Gasteiger charge is -2.01. The molecule has 0 aliphatic rings. The Morgan fingerprint density at radius 3 is 2.58 bits per heavy atom. The molecule has 0 bridgehead atoms. The zero-order chi connectivity index (χ0) is 13.2. The molecule has 2 aromatic heterocycles. The summed E-state index contributed by atoms with van der Waals surface area (Å²) in [7, 11) is 0. The van der Waals surface area contributed by atoms with E-state index in [4.69, 9.17) is 11.6 Å². The maximum atomic E-state index is 5.93. The van der Waals surface area contributed by atoms with E-state index in [1.54, 1.807) is 23.9 Å². The molecule has 2 heterocycles. The van der Waals surface area contributed by atoms with Crippen LogP contribution in [0.4, 0.5) is 0 Å². The molecule has 0 amide bonds. The SMILES string of the molecule is Cc1nc(Cl)cc(-n2cc(-c3ccccc3)cn2)n1. The van der Waals surface area contributed by atoms with Gasteiger partial charge in [0.1, 0.15) is 11.0 Å². The van der Waals surface area contributed by atoms with E-state index in [0.717, 1.165) is 11.1 Å². The second kappa shape index (κ2) is 4.82. The first-order valence-corrected chi connectivity index (χ1v) is 6.22. The highest BCUT2D eigenvalue weighted by atomic mass is 35.5. The van der Waals surface area contributed by atoms with Crippen molar-refractivity contribution < 1.29 is 0 Å². The minimum atomic E-state index is 0.416. The smallest absolute Gasteiger partial charge is 0.158 e. The maximum absolute atomic E-state index is 5.93. The molecule has 0 aliphatic carbocycles. The fourth-order valence-electron chi connectivity index (χ4n) is 1.86. The van der Waals surface area contributed by atoms with E-state index in [2.05, 4.69) is 15.1 Å². The van der Waals surface area contributed by atoms with Crippen LogP contribution in [0, 0.1) is 6.92 Å². The van der Waals surface area contributed by atoms with Gasteiger partial charge in [-0.15, -0.1) is 0 Å². The number of aryl methyl sites for hydroxylation is 1. The lowest BCUT2D eigenvalue weighted by atomic mass is 10.1. The Bertz CT molecular complexity index is 686. The predicted molar refractivity (Wildman–Crippen MR) is 74.3 cm³/mol. The van der Waals surface area contributed by atoms with Crippen LogP contribution in [0.5, 0.6) is 0 Å². The van der Waals surface area contributed by atoms with Gasteiger partial charge in [0.2, 0.25) is 0 Å². The molecule has 94 valence electrons.